The van der Waals surface area contributed by atoms with Crippen LogP contribution in [0.5, 0.6) is 5.75 Å². The van der Waals surface area contributed by atoms with Gasteiger partial charge in [-0.15, -0.1) is 0 Å². The second-order valence-corrected chi connectivity index (χ2v) is 4.71. The van der Waals surface area contributed by atoms with Crippen molar-refractivity contribution >= 4 is 12.1 Å². The van der Waals surface area contributed by atoms with Crippen LogP contribution in [0, 0.1) is 0 Å². The fourth-order valence-corrected chi connectivity index (χ4v) is 2.11. The van der Waals surface area contributed by atoms with Crippen LogP contribution in [-0.2, 0) is 4.74 Å². The Hall–Kier alpha value is -2.28. The van der Waals surface area contributed by atoms with Gasteiger partial charge in [-0.2, -0.15) is 0 Å². The summed E-state index contributed by atoms with van der Waals surface area (Å²) in [4.78, 5) is 23.6. The molecule has 7 heteroatoms. The van der Waals surface area contributed by atoms with Crippen LogP contribution < -0.4 is 10.1 Å². The number of carbonyl (C=O) groups is 2. The summed E-state index contributed by atoms with van der Waals surface area (Å²) in [6.07, 6.45) is -0.913. The minimum atomic E-state index is -0.913. The highest BCUT2D eigenvalue weighted by molar-refractivity contribution is 5.89. The Labute approximate surface area is 122 Å². The Morgan fingerprint density at radius 1 is 1.38 bits per heavy atom. The van der Waals surface area contributed by atoms with Crippen LogP contribution in [0.3, 0.4) is 0 Å². The maximum Gasteiger partial charge on any atom is 0.407 e. The predicted molar refractivity (Wildman–Crippen MR) is 74.7 cm³/mol. The summed E-state index contributed by atoms with van der Waals surface area (Å²) < 4.78 is 10.2. The normalized spacial score (nSPS) is 18.1. The van der Waals surface area contributed by atoms with E-state index in [1.54, 1.807) is 24.3 Å². The third-order valence-corrected chi connectivity index (χ3v) is 3.25. The van der Waals surface area contributed by atoms with E-state index in [0.29, 0.717) is 37.6 Å². The second kappa shape index (κ2) is 6.94. The van der Waals surface area contributed by atoms with E-state index in [1.807, 2.05) is 0 Å². The van der Waals surface area contributed by atoms with E-state index < -0.39 is 12.1 Å². The lowest BCUT2D eigenvalue weighted by atomic mass is 10.2. The van der Waals surface area contributed by atoms with Gasteiger partial charge in [0.2, 0.25) is 0 Å². The Balaban J connectivity index is 1.85. The molecule has 1 atom stereocenters. The number of esters is 1. The number of carboxylic acid groups (broad SMARTS) is 1. The van der Waals surface area contributed by atoms with Crippen LogP contribution >= 0.6 is 0 Å². The summed E-state index contributed by atoms with van der Waals surface area (Å²) in [5.74, 6) is 0.226. The van der Waals surface area contributed by atoms with E-state index in [0.717, 1.165) is 0 Å². The molecular formula is C14H18N2O5. The van der Waals surface area contributed by atoms with Crippen molar-refractivity contribution in [1.29, 1.82) is 0 Å². The Morgan fingerprint density at radius 3 is 2.71 bits per heavy atom. The molecule has 0 spiro atoms. The molecule has 114 valence electrons. The van der Waals surface area contributed by atoms with Gasteiger partial charge in [-0.05, 0) is 24.3 Å². The quantitative estimate of drug-likeness (QED) is 0.799. The van der Waals surface area contributed by atoms with Gasteiger partial charge in [-0.1, -0.05) is 0 Å². The maximum absolute atomic E-state index is 11.3. The first kappa shape index (κ1) is 15.1. The molecule has 1 aliphatic rings. The molecule has 0 aliphatic carbocycles. The van der Waals surface area contributed by atoms with E-state index >= 15 is 0 Å². The molecule has 1 heterocycles. The highest BCUT2D eigenvalue weighted by Crippen LogP contribution is 2.13. The number of piperazine rings is 1. The molecule has 1 unspecified atom stereocenters. The molecule has 0 saturated carbocycles. The zero-order chi connectivity index (χ0) is 15.2. The largest absolute Gasteiger partial charge is 0.492 e. The fourth-order valence-electron chi connectivity index (χ4n) is 2.11. The van der Waals surface area contributed by atoms with E-state index in [-0.39, 0.29) is 6.04 Å². The number of rotatable bonds is 4. The SMILES string of the molecule is COC(=O)c1ccc(OCC2CN(C(=O)O)CCN2)cc1. The lowest BCUT2D eigenvalue weighted by Gasteiger charge is -2.31. The van der Waals surface area contributed by atoms with Crippen LogP contribution in [0.25, 0.3) is 0 Å². The third kappa shape index (κ3) is 4.09. The number of hydrogen-bond acceptors (Lipinski definition) is 5. The minimum Gasteiger partial charge on any atom is -0.492 e. The molecule has 0 bridgehead atoms. The molecule has 1 fully saturated rings. The predicted octanol–water partition coefficient (Wildman–Crippen LogP) is 0.804. The van der Waals surface area contributed by atoms with E-state index in [4.69, 9.17) is 9.84 Å². The molecule has 1 aromatic carbocycles. The van der Waals surface area contributed by atoms with Crippen LogP contribution in [0.2, 0.25) is 0 Å². The summed E-state index contributed by atoms with van der Waals surface area (Å²) in [7, 11) is 1.33. The number of nitrogens with zero attached hydrogens (tertiary/aromatic N) is 1. The molecule has 0 radical (unpaired) electrons. The molecule has 1 saturated heterocycles. The van der Waals surface area contributed by atoms with Crippen molar-refractivity contribution in [3.05, 3.63) is 29.8 Å². The molecule has 1 aliphatic heterocycles. The van der Waals surface area contributed by atoms with Crippen LogP contribution in [0.4, 0.5) is 4.79 Å². The monoisotopic (exact) mass is 294 g/mol. The standard InChI is InChI=1S/C14H18N2O5/c1-20-13(17)10-2-4-12(5-3-10)21-9-11-8-16(14(18)19)7-6-15-11/h2-5,11,15H,6-9H2,1H3,(H,18,19). The number of carbonyl (C=O) groups excluding carboxylic acids is 1. The van der Waals surface area contributed by atoms with E-state index in [2.05, 4.69) is 10.1 Å². The van der Waals surface area contributed by atoms with Gasteiger partial charge in [0.15, 0.2) is 0 Å². The smallest absolute Gasteiger partial charge is 0.407 e. The van der Waals surface area contributed by atoms with Crippen molar-refractivity contribution in [2.45, 2.75) is 6.04 Å². The lowest BCUT2D eigenvalue weighted by Crippen LogP contribution is -2.54. The zero-order valence-corrected chi connectivity index (χ0v) is 11.7. The molecular weight excluding hydrogens is 276 g/mol. The summed E-state index contributed by atoms with van der Waals surface area (Å²) >= 11 is 0. The van der Waals surface area contributed by atoms with Gasteiger partial charge in [0.25, 0.3) is 0 Å². The molecule has 2 rings (SSSR count). The Kier molecular flexibility index (Phi) is 4.99. The first-order valence-corrected chi connectivity index (χ1v) is 6.62. The average Bonchev–Trinajstić information content (AvgIpc) is 2.53. The van der Waals surface area contributed by atoms with Crippen molar-refractivity contribution in [3.8, 4) is 5.75 Å². The van der Waals surface area contributed by atoms with Crippen molar-refractivity contribution in [2.75, 3.05) is 33.4 Å². The van der Waals surface area contributed by atoms with Crippen molar-refractivity contribution in [2.24, 2.45) is 0 Å². The van der Waals surface area contributed by atoms with Gasteiger partial charge < -0.3 is 24.8 Å². The fraction of sp³-hybridized carbons (Fsp3) is 0.429. The van der Waals surface area contributed by atoms with Crippen molar-refractivity contribution in [3.63, 3.8) is 0 Å². The Morgan fingerprint density at radius 2 is 2.10 bits per heavy atom. The third-order valence-electron chi connectivity index (χ3n) is 3.25. The number of amides is 1. The first-order chi connectivity index (χ1) is 10.1. The van der Waals surface area contributed by atoms with Crippen LogP contribution in [0.15, 0.2) is 24.3 Å². The van der Waals surface area contributed by atoms with E-state index in [1.165, 1.54) is 12.0 Å². The molecule has 2 N–H and O–H groups in total. The summed E-state index contributed by atoms with van der Waals surface area (Å²) in [5, 5.41) is 12.2. The topological polar surface area (TPSA) is 88.1 Å². The van der Waals surface area contributed by atoms with Gasteiger partial charge in [-0.25, -0.2) is 9.59 Å². The van der Waals surface area contributed by atoms with Gasteiger partial charge in [0, 0.05) is 19.6 Å². The highest BCUT2D eigenvalue weighted by Gasteiger charge is 2.22. The maximum atomic E-state index is 11.3. The average molecular weight is 294 g/mol. The molecule has 1 amide bonds. The molecule has 0 aromatic heterocycles. The number of benzene rings is 1. The minimum absolute atomic E-state index is 0.0462. The summed E-state index contributed by atoms with van der Waals surface area (Å²) in [6.45, 7) is 1.86. The van der Waals surface area contributed by atoms with Crippen molar-refractivity contribution < 1.29 is 24.2 Å². The zero-order valence-electron chi connectivity index (χ0n) is 11.7. The molecule has 21 heavy (non-hydrogen) atoms. The summed E-state index contributed by atoms with van der Waals surface area (Å²) in [6, 6.07) is 6.57. The first-order valence-electron chi connectivity index (χ1n) is 6.62. The number of nitrogens with one attached hydrogen (secondary N) is 1. The van der Waals surface area contributed by atoms with Crippen LogP contribution in [0.1, 0.15) is 10.4 Å². The number of ether oxygens (including phenoxy) is 2. The van der Waals surface area contributed by atoms with E-state index in [9.17, 15) is 9.59 Å². The van der Waals surface area contributed by atoms with Crippen molar-refractivity contribution in [1.82, 2.24) is 10.2 Å². The number of methoxy groups -OCH3 is 1. The number of hydrogen-bond donors (Lipinski definition) is 2. The van der Waals surface area contributed by atoms with Gasteiger partial charge in [0.05, 0.1) is 18.7 Å². The van der Waals surface area contributed by atoms with Gasteiger partial charge in [-0.3, -0.25) is 0 Å². The Bertz CT molecular complexity index is 503. The van der Waals surface area contributed by atoms with Crippen LogP contribution in [-0.4, -0.2) is 61.5 Å². The lowest BCUT2D eigenvalue weighted by molar-refractivity contribution is 0.0600. The second-order valence-electron chi connectivity index (χ2n) is 4.71. The summed E-state index contributed by atoms with van der Waals surface area (Å²) in [5.41, 5.74) is 0.456. The molecule has 7 nitrogen and oxygen atoms in total. The highest BCUT2D eigenvalue weighted by atomic mass is 16.5. The van der Waals surface area contributed by atoms with Gasteiger partial charge >= 0.3 is 12.1 Å². The van der Waals surface area contributed by atoms with Gasteiger partial charge in [0.1, 0.15) is 12.4 Å². The molecule has 1 aromatic rings.